The van der Waals surface area contributed by atoms with E-state index in [4.69, 9.17) is 5.84 Å². The van der Waals surface area contributed by atoms with Gasteiger partial charge in [0, 0.05) is 11.6 Å². The summed E-state index contributed by atoms with van der Waals surface area (Å²) in [7, 11) is 0. The Labute approximate surface area is 118 Å². The van der Waals surface area contributed by atoms with Crippen molar-refractivity contribution >= 4 is 0 Å². The highest BCUT2D eigenvalue weighted by Gasteiger charge is 2.43. The fourth-order valence-electron chi connectivity index (χ4n) is 5.04. The van der Waals surface area contributed by atoms with Crippen molar-refractivity contribution in [3.05, 3.63) is 0 Å². The van der Waals surface area contributed by atoms with E-state index in [-0.39, 0.29) is 5.54 Å². The zero-order valence-corrected chi connectivity index (χ0v) is 12.7. The van der Waals surface area contributed by atoms with Crippen LogP contribution in [0, 0.1) is 17.8 Å². The van der Waals surface area contributed by atoms with Crippen molar-refractivity contribution in [2.24, 2.45) is 23.6 Å². The van der Waals surface area contributed by atoms with E-state index in [0.29, 0.717) is 6.04 Å². The van der Waals surface area contributed by atoms with E-state index in [9.17, 15) is 0 Å². The standard InChI is InChI=1S/C16H31N3/c1-16(2,19-7-3-4-8-19)15(18-17)11-14-10-12-5-6-13(14)9-12/h12-15,18H,3-11,17H2,1-2H3. The van der Waals surface area contributed by atoms with Crippen molar-refractivity contribution in [2.45, 2.75) is 70.4 Å². The van der Waals surface area contributed by atoms with Crippen LogP contribution < -0.4 is 11.3 Å². The first-order chi connectivity index (χ1) is 9.11. The number of nitrogens with one attached hydrogen (secondary N) is 1. The van der Waals surface area contributed by atoms with Crippen LogP contribution in [-0.4, -0.2) is 29.6 Å². The molecular formula is C16H31N3. The van der Waals surface area contributed by atoms with Crippen molar-refractivity contribution < 1.29 is 0 Å². The molecule has 3 aliphatic rings. The van der Waals surface area contributed by atoms with Crippen molar-refractivity contribution in [3.8, 4) is 0 Å². The Morgan fingerprint density at radius 1 is 1.21 bits per heavy atom. The lowest BCUT2D eigenvalue weighted by atomic mass is 9.79. The molecule has 1 saturated heterocycles. The first-order valence-electron chi connectivity index (χ1n) is 8.32. The van der Waals surface area contributed by atoms with Crippen LogP contribution in [-0.2, 0) is 0 Å². The molecule has 2 bridgehead atoms. The molecule has 1 aliphatic heterocycles. The highest BCUT2D eigenvalue weighted by molar-refractivity contribution is 4.99. The van der Waals surface area contributed by atoms with E-state index in [1.165, 1.54) is 58.0 Å². The summed E-state index contributed by atoms with van der Waals surface area (Å²) in [5, 5.41) is 0. The molecule has 2 saturated carbocycles. The van der Waals surface area contributed by atoms with E-state index in [1.807, 2.05) is 0 Å². The molecule has 0 amide bonds. The van der Waals surface area contributed by atoms with Gasteiger partial charge in [0.15, 0.2) is 0 Å². The van der Waals surface area contributed by atoms with Gasteiger partial charge in [-0.15, -0.1) is 0 Å². The zero-order chi connectivity index (χ0) is 13.5. The first kappa shape index (κ1) is 13.8. The number of hydrogen-bond acceptors (Lipinski definition) is 3. The Morgan fingerprint density at radius 3 is 2.47 bits per heavy atom. The van der Waals surface area contributed by atoms with Crippen molar-refractivity contribution in [2.75, 3.05) is 13.1 Å². The number of fused-ring (bicyclic) bond motifs is 2. The Bertz CT molecular complexity index is 309. The van der Waals surface area contributed by atoms with Gasteiger partial charge in [-0.3, -0.25) is 16.2 Å². The second-order valence-electron chi connectivity index (χ2n) is 7.74. The van der Waals surface area contributed by atoms with Gasteiger partial charge in [0.1, 0.15) is 0 Å². The maximum atomic E-state index is 5.93. The van der Waals surface area contributed by atoms with Crippen molar-refractivity contribution in [1.29, 1.82) is 0 Å². The van der Waals surface area contributed by atoms with Crippen LogP contribution >= 0.6 is 0 Å². The number of hydrazine groups is 1. The molecule has 4 atom stereocenters. The summed E-state index contributed by atoms with van der Waals surface area (Å²) in [6.07, 6.45) is 9.95. The largest absolute Gasteiger partial charge is 0.297 e. The average molecular weight is 265 g/mol. The molecule has 0 radical (unpaired) electrons. The van der Waals surface area contributed by atoms with Crippen LogP contribution in [0.2, 0.25) is 0 Å². The van der Waals surface area contributed by atoms with E-state index < -0.39 is 0 Å². The third-order valence-electron chi connectivity index (χ3n) is 6.40. The van der Waals surface area contributed by atoms with Crippen LogP contribution in [0.3, 0.4) is 0 Å². The van der Waals surface area contributed by atoms with E-state index >= 15 is 0 Å². The Balaban J connectivity index is 1.63. The summed E-state index contributed by atoms with van der Waals surface area (Å²) in [6, 6.07) is 0.440. The lowest BCUT2D eigenvalue weighted by Gasteiger charge is -2.43. The first-order valence-corrected chi connectivity index (χ1v) is 8.32. The quantitative estimate of drug-likeness (QED) is 0.593. The lowest BCUT2D eigenvalue weighted by molar-refractivity contribution is 0.0872. The average Bonchev–Trinajstić information content (AvgIpc) is 3.11. The van der Waals surface area contributed by atoms with Crippen LogP contribution in [0.25, 0.3) is 0 Å². The highest BCUT2D eigenvalue weighted by Crippen LogP contribution is 2.50. The summed E-state index contributed by atoms with van der Waals surface area (Å²) in [6.45, 7) is 7.27. The molecule has 0 aromatic carbocycles. The SMILES string of the molecule is CC(C)(C(CC1CC2CCC1C2)NN)N1CCCC1. The molecule has 0 aromatic rings. The number of nitrogens with zero attached hydrogens (tertiary/aromatic N) is 1. The third-order valence-corrected chi connectivity index (χ3v) is 6.40. The fraction of sp³-hybridized carbons (Fsp3) is 1.00. The predicted octanol–water partition coefficient (Wildman–Crippen LogP) is 2.52. The maximum absolute atomic E-state index is 5.93. The monoisotopic (exact) mass is 265 g/mol. The van der Waals surface area contributed by atoms with Gasteiger partial charge in [0.2, 0.25) is 0 Å². The smallest absolute Gasteiger partial charge is 0.0392 e. The summed E-state index contributed by atoms with van der Waals surface area (Å²) in [5.74, 6) is 8.91. The van der Waals surface area contributed by atoms with Gasteiger partial charge >= 0.3 is 0 Å². The summed E-state index contributed by atoms with van der Waals surface area (Å²) >= 11 is 0. The lowest BCUT2D eigenvalue weighted by Crippen LogP contribution is -2.59. The maximum Gasteiger partial charge on any atom is 0.0392 e. The normalized spacial score (nSPS) is 37.1. The second kappa shape index (κ2) is 5.34. The summed E-state index contributed by atoms with van der Waals surface area (Å²) < 4.78 is 0. The molecule has 0 aromatic heterocycles. The molecule has 4 unspecified atom stereocenters. The molecule has 1 heterocycles. The minimum atomic E-state index is 0.201. The molecule has 3 rings (SSSR count). The zero-order valence-electron chi connectivity index (χ0n) is 12.7. The number of rotatable bonds is 5. The molecule has 110 valence electrons. The summed E-state index contributed by atoms with van der Waals surface area (Å²) in [4.78, 5) is 2.64. The number of nitrogens with two attached hydrogens (primary N) is 1. The van der Waals surface area contributed by atoms with Gasteiger partial charge in [0.05, 0.1) is 0 Å². The molecule has 3 N–H and O–H groups in total. The Hall–Kier alpha value is -0.120. The van der Waals surface area contributed by atoms with Crippen molar-refractivity contribution in [1.82, 2.24) is 10.3 Å². The van der Waals surface area contributed by atoms with Gasteiger partial charge in [0.25, 0.3) is 0 Å². The van der Waals surface area contributed by atoms with Gasteiger partial charge in [-0.1, -0.05) is 6.42 Å². The molecule has 0 spiro atoms. The van der Waals surface area contributed by atoms with E-state index in [0.717, 1.165) is 17.8 Å². The third kappa shape index (κ3) is 2.57. The number of hydrogen-bond donors (Lipinski definition) is 2. The summed E-state index contributed by atoms with van der Waals surface area (Å²) in [5.41, 5.74) is 3.37. The molecule has 3 nitrogen and oxygen atoms in total. The highest BCUT2D eigenvalue weighted by atomic mass is 15.3. The van der Waals surface area contributed by atoms with Crippen LogP contribution in [0.5, 0.6) is 0 Å². The fourth-order valence-corrected chi connectivity index (χ4v) is 5.04. The second-order valence-corrected chi connectivity index (χ2v) is 7.74. The number of likely N-dealkylation sites (tertiary alicyclic amines) is 1. The van der Waals surface area contributed by atoms with Crippen LogP contribution in [0.4, 0.5) is 0 Å². The molecule has 19 heavy (non-hydrogen) atoms. The molecule has 3 fully saturated rings. The van der Waals surface area contributed by atoms with Crippen molar-refractivity contribution in [3.63, 3.8) is 0 Å². The topological polar surface area (TPSA) is 41.3 Å². The van der Waals surface area contributed by atoms with E-state index in [1.54, 1.807) is 0 Å². The van der Waals surface area contributed by atoms with E-state index in [2.05, 4.69) is 24.2 Å². The van der Waals surface area contributed by atoms with Gasteiger partial charge in [-0.05, 0) is 83.2 Å². The Morgan fingerprint density at radius 2 is 1.95 bits per heavy atom. The minimum absolute atomic E-state index is 0.201. The van der Waals surface area contributed by atoms with Gasteiger partial charge in [-0.25, -0.2) is 0 Å². The predicted molar refractivity (Wildman–Crippen MR) is 79.6 cm³/mol. The Kier molecular flexibility index (Phi) is 3.89. The van der Waals surface area contributed by atoms with Crippen LogP contribution in [0.1, 0.15) is 58.8 Å². The molecular weight excluding hydrogens is 234 g/mol. The van der Waals surface area contributed by atoms with Crippen LogP contribution in [0.15, 0.2) is 0 Å². The van der Waals surface area contributed by atoms with Gasteiger partial charge < -0.3 is 0 Å². The minimum Gasteiger partial charge on any atom is -0.297 e. The molecule has 2 aliphatic carbocycles. The molecule has 3 heteroatoms. The van der Waals surface area contributed by atoms with Gasteiger partial charge in [-0.2, -0.15) is 0 Å².